The summed E-state index contributed by atoms with van der Waals surface area (Å²) in [6.45, 7) is 4.74. The molecule has 126 valence electrons. The van der Waals surface area contributed by atoms with Crippen molar-refractivity contribution in [2.24, 2.45) is 0 Å². The van der Waals surface area contributed by atoms with Gasteiger partial charge in [0.1, 0.15) is 0 Å². The monoisotopic (exact) mass is 326 g/mol. The topological polar surface area (TPSA) is 83.1 Å². The van der Waals surface area contributed by atoms with E-state index in [0.717, 1.165) is 22.5 Å². The van der Waals surface area contributed by atoms with Gasteiger partial charge in [-0.1, -0.05) is 12.1 Å². The Bertz CT molecular complexity index is 698. The molecule has 0 fully saturated rings. The maximum Gasteiger partial charge on any atom is 0.234 e. The van der Waals surface area contributed by atoms with Crippen molar-refractivity contribution in [2.75, 3.05) is 11.9 Å². The van der Waals surface area contributed by atoms with Crippen LogP contribution >= 0.6 is 0 Å². The number of hydrogen-bond donors (Lipinski definition) is 3. The summed E-state index contributed by atoms with van der Waals surface area (Å²) in [6.07, 6.45) is 1.76. The van der Waals surface area contributed by atoms with Crippen LogP contribution in [0, 0.1) is 6.92 Å². The van der Waals surface area contributed by atoms with Gasteiger partial charge in [-0.15, -0.1) is 0 Å². The minimum atomic E-state index is -0.105. The third-order valence-corrected chi connectivity index (χ3v) is 3.34. The van der Waals surface area contributed by atoms with Crippen molar-refractivity contribution >= 4 is 17.5 Å². The van der Waals surface area contributed by atoms with E-state index in [1.807, 2.05) is 43.3 Å². The van der Waals surface area contributed by atoms with Crippen LogP contribution in [-0.4, -0.2) is 23.3 Å². The largest absolute Gasteiger partial charge is 0.351 e. The number of aryl methyl sites for hydroxylation is 1. The second kappa shape index (κ2) is 8.79. The number of nitrogens with one attached hydrogen (secondary N) is 3. The lowest BCUT2D eigenvalue weighted by molar-refractivity contribution is -0.120. The van der Waals surface area contributed by atoms with E-state index < -0.39 is 0 Å². The molecule has 0 atom stereocenters. The standard InChI is InChI=1S/C18H22N4O2/c1-13-9-16(7-8-20-13)10-19-12-18(24)21-11-15-3-5-17(6-4-15)22-14(2)23/h3-9,19H,10-12H2,1-2H3,(H,21,24)(H,22,23). The molecule has 0 radical (unpaired) electrons. The number of rotatable bonds is 7. The first-order chi connectivity index (χ1) is 11.5. The molecule has 2 aromatic rings. The third-order valence-electron chi connectivity index (χ3n) is 3.34. The molecule has 1 aromatic carbocycles. The molecule has 0 aliphatic rings. The Kier molecular flexibility index (Phi) is 6.45. The summed E-state index contributed by atoms with van der Waals surface area (Å²) >= 11 is 0. The molecule has 3 N–H and O–H groups in total. The van der Waals surface area contributed by atoms with Gasteiger partial charge in [-0.25, -0.2) is 0 Å². The number of amides is 2. The van der Waals surface area contributed by atoms with E-state index in [2.05, 4.69) is 20.9 Å². The predicted octanol–water partition coefficient (Wildman–Crippen LogP) is 1.75. The Morgan fingerprint density at radius 2 is 1.79 bits per heavy atom. The molecule has 2 amide bonds. The quantitative estimate of drug-likeness (QED) is 0.724. The van der Waals surface area contributed by atoms with E-state index >= 15 is 0 Å². The molecule has 6 heteroatoms. The fourth-order valence-electron chi connectivity index (χ4n) is 2.21. The Balaban J connectivity index is 1.70. The lowest BCUT2D eigenvalue weighted by Gasteiger charge is -2.08. The van der Waals surface area contributed by atoms with Gasteiger partial charge in [0.2, 0.25) is 11.8 Å². The van der Waals surface area contributed by atoms with E-state index in [1.165, 1.54) is 6.92 Å². The zero-order valence-electron chi connectivity index (χ0n) is 13.9. The maximum atomic E-state index is 11.8. The first-order valence-electron chi connectivity index (χ1n) is 7.78. The average Bonchev–Trinajstić information content (AvgIpc) is 2.54. The van der Waals surface area contributed by atoms with E-state index in [4.69, 9.17) is 0 Å². The number of pyridine rings is 1. The Morgan fingerprint density at radius 1 is 1.04 bits per heavy atom. The SMILES string of the molecule is CC(=O)Nc1ccc(CNC(=O)CNCc2ccnc(C)c2)cc1. The molecule has 2 rings (SSSR count). The predicted molar refractivity (Wildman–Crippen MR) is 93.3 cm³/mol. The van der Waals surface area contributed by atoms with Crippen LogP contribution in [0.2, 0.25) is 0 Å². The minimum absolute atomic E-state index is 0.0632. The second-order valence-electron chi connectivity index (χ2n) is 5.56. The Hall–Kier alpha value is -2.73. The summed E-state index contributed by atoms with van der Waals surface area (Å²) in [4.78, 5) is 26.9. The summed E-state index contributed by atoms with van der Waals surface area (Å²) in [5.41, 5.74) is 3.78. The number of benzene rings is 1. The Morgan fingerprint density at radius 3 is 2.46 bits per heavy atom. The average molecular weight is 326 g/mol. The van der Waals surface area contributed by atoms with Crippen LogP contribution in [0.5, 0.6) is 0 Å². The van der Waals surface area contributed by atoms with E-state index in [0.29, 0.717) is 13.1 Å². The summed E-state index contributed by atoms with van der Waals surface area (Å²) in [7, 11) is 0. The van der Waals surface area contributed by atoms with Gasteiger partial charge in [0.05, 0.1) is 6.54 Å². The summed E-state index contributed by atoms with van der Waals surface area (Å²) in [5, 5.41) is 8.67. The summed E-state index contributed by atoms with van der Waals surface area (Å²) < 4.78 is 0. The normalized spacial score (nSPS) is 10.2. The Labute approximate surface area is 141 Å². The van der Waals surface area contributed by atoms with Crippen LogP contribution in [0.3, 0.4) is 0 Å². The van der Waals surface area contributed by atoms with Gasteiger partial charge in [0, 0.05) is 37.6 Å². The third kappa shape index (κ3) is 6.18. The number of carbonyl (C=O) groups is 2. The molecule has 0 spiro atoms. The number of aromatic nitrogens is 1. The van der Waals surface area contributed by atoms with E-state index in [1.54, 1.807) is 6.20 Å². The second-order valence-corrected chi connectivity index (χ2v) is 5.56. The lowest BCUT2D eigenvalue weighted by Crippen LogP contribution is -2.33. The van der Waals surface area contributed by atoms with Crippen molar-refractivity contribution in [3.8, 4) is 0 Å². The molecular formula is C18H22N4O2. The lowest BCUT2D eigenvalue weighted by atomic mass is 10.2. The molecule has 0 saturated heterocycles. The van der Waals surface area contributed by atoms with Gasteiger partial charge in [-0.3, -0.25) is 14.6 Å². The fourth-order valence-corrected chi connectivity index (χ4v) is 2.21. The minimum Gasteiger partial charge on any atom is -0.351 e. The zero-order chi connectivity index (χ0) is 17.4. The van der Waals surface area contributed by atoms with Gasteiger partial charge < -0.3 is 16.0 Å². The highest BCUT2D eigenvalue weighted by molar-refractivity contribution is 5.88. The number of carbonyl (C=O) groups excluding carboxylic acids is 2. The fraction of sp³-hybridized carbons (Fsp3) is 0.278. The molecule has 0 aliphatic carbocycles. The molecule has 1 heterocycles. The van der Waals surface area contributed by atoms with Crippen LogP contribution in [0.15, 0.2) is 42.6 Å². The van der Waals surface area contributed by atoms with Gasteiger partial charge in [0.25, 0.3) is 0 Å². The first kappa shape index (κ1) is 17.6. The summed E-state index contributed by atoms with van der Waals surface area (Å²) in [5.74, 6) is -0.168. The number of anilines is 1. The van der Waals surface area contributed by atoms with Crippen molar-refractivity contribution < 1.29 is 9.59 Å². The molecule has 1 aromatic heterocycles. The molecule has 6 nitrogen and oxygen atoms in total. The van der Waals surface area contributed by atoms with Crippen LogP contribution in [0.1, 0.15) is 23.7 Å². The van der Waals surface area contributed by atoms with Crippen LogP contribution in [-0.2, 0) is 22.7 Å². The van der Waals surface area contributed by atoms with E-state index in [9.17, 15) is 9.59 Å². The van der Waals surface area contributed by atoms with Gasteiger partial charge in [-0.2, -0.15) is 0 Å². The first-order valence-corrected chi connectivity index (χ1v) is 7.78. The zero-order valence-corrected chi connectivity index (χ0v) is 13.9. The molecule has 0 unspecified atom stereocenters. The molecular weight excluding hydrogens is 304 g/mol. The highest BCUT2D eigenvalue weighted by Gasteiger charge is 2.02. The van der Waals surface area contributed by atoms with Crippen LogP contribution < -0.4 is 16.0 Å². The molecule has 0 saturated carbocycles. The number of hydrogen-bond acceptors (Lipinski definition) is 4. The van der Waals surface area contributed by atoms with Crippen molar-refractivity contribution in [3.05, 3.63) is 59.4 Å². The van der Waals surface area contributed by atoms with Crippen molar-refractivity contribution in [1.82, 2.24) is 15.6 Å². The molecule has 24 heavy (non-hydrogen) atoms. The van der Waals surface area contributed by atoms with Gasteiger partial charge >= 0.3 is 0 Å². The maximum absolute atomic E-state index is 11.8. The smallest absolute Gasteiger partial charge is 0.234 e. The molecule has 0 bridgehead atoms. The van der Waals surface area contributed by atoms with Crippen LogP contribution in [0.25, 0.3) is 0 Å². The van der Waals surface area contributed by atoms with Crippen molar-refractivity contribution in [2.45, 2.75) is 26.9 Å². The summed E-state index contributed by atoms with van der Waals surface area (Å²) in [6, 6.07) is 11.3. The molecule has 0 aliphatic heterocycles. The van der Waals surface area contributed by atoms with Gasteiger partial charge in [-0.05, 0) is 42.3 Å². The van der Waals surface area contributed by atoms with Gasteiger partial charge in [0.15, 0.2) is 0 Å². The van der Waals surface area contributed by atoms with Crippen molar-refractivity contribution in [3.63, 3.8) is 0 Å². The highest BCUT2D eigenvalue weighted by Crippen LogP contribution is 2.09. The van der Waals surface area contributed by atoms with Crippen molar-refractivity contribution in [1.29, 1.82) is 0 Å². The highest BCUT2D eigenvalue weighted by atomic mass is 16.2. The van der Waals surface area contributed by atoms with E-state index in [-0.39, 0.29) is 18.4 Å². The van der Waals surface area contributed by atoms with Crippen LogP contribution in [0.4, 0.5) is 5.69 Å². The number of nitrogens with zero attached hydrogens (tertiary/aromatic N) is 1.